The van der Waals surface area contributed by atoms with Crippen LogP contribution >= 0.6 is 0 Å². The van der Waals surface area contributed by atoms with Gasteiger partial charge >= 0.3 is 0 Å². The van der Waals surface area contributed by atoms with E-state index < -0.39 is 0 Å². The molecule has 0 saturated heterocycles. The summed E-state index contributed by atoms with van der Waals surface area (Å²) in [4.78, 5) is 0. The third-order valence-corrected chi connectivity index (χ3v) is 15.7. The van der Waals surface area contributed by atoms with E-state index in [2.05, 4.69) is 96.9 Å². The molecule has 0 aliphatic heterocycles. The first-order valence-corrected chi connectivity index (χ1v) is 17.8. The van der Waals surface area contributed by atoms with Crippen molar-refractivity contribution in [3.05, 3.63) is 0 Å². The molecule has 0 heterocycles. The SMILES string of the molecule is CCC12CC(C)CCC(C)(C)CC(C)CCC(C)C3(CC)C(C)(C)CC(C1)C3(C1(C(C)(C)C)CCC1C)C2C. The number of hydrogen-bond donors (Lipinski definition) is 0. The summed E-state index contributed by atoms with van der Waals surface area (Å²) >= 11 is 0. The fourth-order valence-electron chi connectivity index (χ4n) is 14.6. The molecule has 0 N–H and O–H groups in total. The van der Waals surface area contributed by atoms with E-state index in [1.165, 1.54) is 77.0 Å². The van der Waals surface area contributed by atoms with Gasteiger partial charge < -0.3 is 0 Å². The topological polar surface area (TPSA) is 0 Å². The van der Waals surface area contributed by atoms with Crippen molar-refractivity contribution >= 4 is 0 Å². The first-order chi connectivity index (χ1) is 17.8. The molecule has 4 aliphatic carbocycles. The third kappa shape index (κ3) is 4.15. The highest BCUT2D eigenvalue weighted by molar-refractivity contribution is 5.31. The largest absolute Gasteiger partial charge is 0.0648 e. The minimum absolute atomic E-state index is 0.343. The van der Waals surface area contributed by atoms with E-state index in [0.29, 0.717) is 37.9 Å². The summed E-state index contributed by atoms with van der Waals surface area (Å²) in [6, 6.07) is 0. The Labute approximate surface area is 247 Å². The second-order valence-electron chi connectivity index (χ2n) is 19.1. The van der Waals surface area contributed by atoms with Gasteiger partial charge in [-0.2, -0.15) is 0 Å². The van der Waals surface area contributed by atoms with Crippen LogP contribution in [0.15, 0.2) is 0 Å². The lowest BCUT2D eigenvalue weighted by Gasteiger charge is -2.75. The molecule has 0 amide bonds. The van der Waals surface area contributed by atoms with Gasteiger partial charge in [0, 0.05) is 0 Å². The molecule has 10 atom stereocenters. The van der Waals surface area contributed by atoms with Crippen LogP contribution in [0.4, 0.5) is 0 Å². The van der Waals surface area contributed by atoms with Crippen LogP contribution in [-0.2, 0) is 0 Å². The molecule has 0 aromatic rings. The predicted molar refractivity (Wildman–Crippen MR) is 173 cm³/mol. The standard InChI is InChI=1S/C39H72/c1-15-36-24-28(4)19-21-34(11,12)23-27(3)17-18-29(5)37(16-2)35(13,14)25-32(26-36)39(37,31(36)7)38(33(8,9)10)22-20-30(38)6/h27-32H,15-26H2,1-14H3. The second-order valence-corrected chi connectivity index (χ2v) is 19.1. The van der Waals surface area contributed by atoms with Gasteiger partial charge in [-0.05, 0) is 131 Å². The molecule has 10 unspecified atom stereocenters. The van der Waals surface area contributed by atoms with Gasteiger partial charge in [0.1, 0.15) is 0 Å². The van der Waals surface area contributed by atoms with Gasteiger partial charge in [-0.15, -0.1) is 0 Å². The number of hydrogen-bond acceptors (Lipinski definition) is 0. The molecule has 0 heteroatoms. The van der Waals surface area contributed by atoms with E-state index in [9.17, 15) is 0 Å². The van der Waals surface area contributed by atoms with Crippen molar-refractivity contribution in [2.75, 3.05) is 0 Å². The molecule has 4 fully saturated rings. The van der Waals surface area contributed by atoms with E-state index in [1.807, 2.05) is 0 Å². The predicted octanol–water partition coefficient (Wildman–Crippen LogP) is 12.6. The first-order valence-electron chi connectivity index (χ1n) is 17.8. The maximum absolute atomic E-state index is 2.85. The maximum Gasteiger partial charge on any atom is -0.0110 e. The summed E-state index contributed by atoms with van der Waals surface area (Å²) in [5.41, 5.74) is 3.03. The van der Waals surface area contributed by atoms with Gasteiger partial charge in [0.15, 0.2) is 0 Å². The molecule has 4 saturated carbocycles. The third-order valence-electron chi connectivity index (χ3n) is 15.7. The number of rotatable bonds is 3. The van der Waals surface area contributed by atoms with E-state index in [0.717, 1.165) is 35.5 Å². The molecule has 0 nitrogen and oxygen atoms in total. The van der Waals surface area contributed by atoms with Gasteiger partial charge in [0.25, 0.3) is 0 Å². The van der Waals surface area contributed by atoms with Crippen LogP contribution < -0.4 is 0 Å². The quantitative estimate of drug-likeness (QED) is 0.334. The summed E-state index contributed by atoms with van der Waals surface area (Å²) in [5.74, 6) is 5.00. The fraction of sp³-hybridized carbons (Fsp3) is 1.00. The molecular weight excluding hydrogens is 468 g/mol. The van der Waals surface area contributed by atoms with Crippen LogP contribution in [0.25, 0.3) is 0 Å². The molecule has 228 valence electrons. The molecule has 0 aromatic heterocycles. The van der Waals surface area contributed by atoms with Crippen molar-refractivity contribution in [2.24, 2.45) is 73.4 Å². The van der Waals surface area contributed by atoms with E-state index >= 15 is 0 Å². The van der Waals surface area contributed by atoms with Gasteiger partial charge in [-0.3, -0.25) is 0 Å². The highest BCUT2D eigenvalue weighted by atomic mass is 14.9. The summed E-state index contributed by atoms with van der Waals surface area (Å²) < 4.78 is 0. The average molecular weight is 541 g/mol. The van der Waals surface area contributed by atoms with Crippen molar-refractivity contribution in [3.8, 4) is 0 Å². The lowest BCUT2D eigenvalue weighted by molar-refractivity contribution is -0.275. The first kappa shape index (κ1) is 31.9. The highest BCUT2D eigenvalue weighted by Crippen LogP contribution is 2.89. The molecule has 0 radical (unpaired) electrons. The van der Waals surface area contributed by atoms with E-state index in [4.69, 9.17) is 0 Å². The maximum atomic E-state index is 2.85. The smallest absolute Gasteiger partial charge is 0.0110 e. The average Bonchev–Trinajstić information content (AvgIpc) is 3.15. The highest BCUT2D eigenvalue weighted by Gasteiger charge is 2.83. The van der Waals surface area contributed by atoms with Crippen molar-refractivity contribution < 1.29 is 0 Å². The molecule has 2 bridgehead atoms. The van der Waals surface area contributed by atoms with Crippen molar-refractivity contribution in [1.82, 2.24) is 0 Å². The Morgan fingerprint density at radius 2 is 1.26 bits per heavy atom. The van der Waals surface area contributed by atoms with Gasteiger partial charge in [-0.1, -0.05) is 116 Å². The Bertz CT molecular complexity index is 871. The molecular formula is C39H72. The normalized spacial score (nSPS) is 50.3. The molecule has 0 aromatic carbocycles. The second kappa shape index (κ2) is 10.0. The zero-order valence-corrected chi connectivity index (χ0v) is 29.4. The van der Waals surface area contributed by atoms with Crippen LogP contribution in [-0.4, -0.2) is 0 Å². The summed E-state index contributed by atoms with van der Waals surface area (Å²) in [5, 5.41) is 0. The van der Waals surface area contributed by atoms with Crippen molar-refractivity contribution in [2.45, 2.75) is 174 Å². The van der Waals surface area contributed by atoms with Crippen LogP contribution in [0.5, 0.6) is 0 Å². The molecule has 39 heavy (non-hydrogen) atoms. The zero-order valence-electron chi connectivity index (χ0n) is 29.4. The minimum Gasteiger partial charge on any atom is -0.0648 e. The van der Waals surface area contributed by atoms with Crippen LogP contribution in [0, 0.1) is 73.4 Å². The Kier molecular flexibility index (Phi) is 8.21. The van der Waals surface area contributed by atoms with Gasteiger partial charge in [0.2, 0.25) is 0 Å². The molecule has 4 aliphatic rings. The minimum atomic E-state index is 0.343. The Hall–Kier alpha value is 0. The van der Waals surface area contributed by atoms with Crippen molar-refractivity contribution in [3.63, 3.8) is 0 Å². The summed E-state index contributed by atoms with van der Waals surface area (Å²) in [7, 11) is 0. The van der Waals surface area contributed by atoms with E-state index in [-0.39, 0.29) is 0 Å². The van der Waals surface area contributed by atoms with Gasteiger partial charge in [-0.25, -0.2) is 0 Å². The summed E-state index contributed by atoms with van der Waals surface area (Å²) in [6.45, 7) is 37.5. The van der Waals surface area contributed by atoms with E-state index in [1.54, 1.807) is 0 Å². The lowest BCUT2D eigenvalue weighted by Crippen LogP contribution is -2.70. The Morgan fingerprint density at radius 1 is 0.641 bits per heavy atom. The van der Waals surface area contributed by atoms with Crippen molar-refractivity contribution in [1.29, 1.82) is 0 Å². The lowest BCUT2D eigenvalue weighted by atomic mass is 9.29. The zero-order chi connectivity index (χ0) is 29.4. The Morgan fingerprint density at radius 3 is 1.74 bits per heavy atom. The number of fused-ring (bicyclic) bond motifs is 1. The monoisotopic (exact) mass is 541 g/mol. The fourth-order valence-corrected chi connectivity index (χ4v) is 14.6. The van der Waals surface area contributed by atoms with Crippen LogP contribution in [0.3, 0.4) is 0 Å². The van der Waals surface area contributed by atoms with Crippen LogP contribution in [0.1, 0.15) is 174 Å². The molecule has 4 rings (SSSR count). The van der Waals surface area contributed by atoms with Crippen LogP contribution in [0.2, 0.25) is 0 Å². The summed E-state index contributed by atoms with van der Waals surface area (Å²) in [6.07, 6.45) is 17.2. The van der Waals surface area contributed by atoms with Gasteiger partial charge in [0.05, 0.1) is 0 Å². The Balaban J connectivity index is 2.02. The molecule has 0 spiro atoms.